The van der Waals surface area contributed by atoms with E-state index < -0.39 is 5.91 Å². The van der Waals surface area contributed by atoms with Crippen LogP contribution in [0.5, 0.6) is 0 Å². The zero-order valence-electron chi connectivity index (χ0n) is 20.6. The van der Waals surface area contributed by atoms with Crippen molar-refractivity contribution < 1.29 is 4.79 Å². The number of nitrogens with zero attached hydrogens (tertiary/aromatic N) is 3. The van der Waals surface area contributed by atoms with Crippen LogP contribution in [-0.2, 0) is 17.8 Å². The molecule has 182 valence electrons. The molecule has 0 radical (unpaired) electrons. The number of hydrogen-bond acceptors (Lipinski definition) is 6. The lowest BCUT2D eigenvalue weighted by molar-refractivity contribution is -0.110. The van der Waals surface area contributed by atoms with Gasteiger partial charge in [0.15, 0.2) is 0 Å². The summed E-state index contributed by atoms with van der Waals surface area (Å²) >= 11 is 0. The van der Waals surface area contributed by atoms with E-state index in [-0.39, 0.29) is 5.71 Å². The van der Waals surface area contributed by atoms with Gasteiger partial charge < -0.3 is 16.0 Å². The van der Waals surface area contributed by atoms with E-state index in [0.29, 0.717) is 22.9 Å². The second-order valence-electron chi connectivity index (χ2n) is 9.70. The maximum atomic E-state index is 12.9. The molecule has 0 saturated heterocycles. The van der Waals surface area contributed by atoms with Crippen LogP contribution in [0.2, 0.25) is 0 Å². The summed E-state index contributed by atoms with van der Waals surface area (Å²) in [4.78, 5) is 23.8. The number of amides is 1. The number of benzene rings is 1. The lowest BCUT2D eigenvalue weighted by Crippen LogP contribution is -2.24. The molecule has 0 unspecified atom stereocenters. The molecule has 1 fully saturated rings. The van der Waals surface area contributed by atoms with Crippen molar-refractivity contribution in [2.24, 2.45) is 5.92 Å². The molecule has 1 aromatic carbocycles. The fourth-order valence-corrected chi connectivity index (χ4v) is 4.67. The number of nitrogens with one attached hydrogen (secondary N) is 2. The number of anilines is 2. The van der Waals surface area contributed by atoms with Gasteiger partial charge in [-0.2, -0.15) is 0 Å². The van der Waals surface area contributed by atoms with E-state index in [1.54, 1.807) is 24.5 Å². The predicted octanol–water partition coefficient (Wildman–Crippen LogP) is 4.92. The lowest BCUT2D eigenvalue weighted by Gasteiger charge is -2.21. The van der Waals surface area contributed by atoms with Gasteiger partial charge in [-0.3, -0.25) is 20.2 Å². The first-order valence-electron chi connectivity index (χ1n) is 12.2. The number of pyridine rings is 2. The second-order valence-corrected chi connectivity index (χ2v) is 9.70. The molecule has 7 nitrogen and oxygen atoms in total. The van der Waals surface area contributed by atoms with E-state index >= 15 is 0 Å². The standard InChI is InChI=1S/C28H34N6O/c1-34(2)18-20-12-22(16-31-15-20)21-8-11-26(29)25(14-21)27(30)28(35)33-24-10-9-23(32-17-24)13-19-6-4-3-5-7-19/h8-12,14-17,19,30H,3-7,13,18,29H2,1-2H3,(H,33,35). The van der Waals surface area contributed by atoms with Crippen LogP contribution in [0.3, 0.4) is 0 Å². The molecular formula is C28H34N6O. The number of nitrogens with two attached hydrogens (primary N) is 1. The first-order valence-corrected chi connectivity index (χ1v) is 12.2. The number of hydrogen-bond donors (Lipinski definition) is 3. The molecule has 0 bridgehead atoms. The minimum Gasteiger partial charge on any atom is -0.398 e. The third-order valence-electron chi connectivity index (χ3n) is 6.48. The summed E-state index contributed by atoms with van der Waals surface area (Å²) in [5, 5.41) is 11.3. The van der Waals surface area contributed by atoms with Crippen molar-refractivity contribution in [2.75, 3.05) is 25.1 Å². The van der Waals surface area contributed by atoms with Crippen molar-refractivity contribution in [1.82, 2.24) is 14.9 Å². The summed E-state index contributed by atoms with van der Waals surface area (Å²) in [7, 11) is 4.02. The van der Waals surface area contributed by atoms with Gasteiger partial charge >= 0.3 is 0 Å². The molecular weight excluding hydrogens is 436 g/mol. The molecule has 1 saturated carbocycles. The number of nitrogen functional groups attached to an aromatic ring is 1. The van der Waals surface area contributed by atoms with E-state index in [0.717, 1.165) is 35.3 Å². The average molecular weight is 471 g/mol. The van der Waals surface area contributed by atoms with Crippen molar-refractivity contribution in [3.63, 3.8) is 0 Å². The van der Waals surface area contributed by atoms with Gasteiger partial charge in [-0.15, -0.1) is 0 Å². The molecule has 3 aromatic rings. The quantitative estimate of drug-likeness (QED) is 0.320. The SMILES string of the molecule is CN(C)Cc1cncc(-c2ccc(N)c(C(=N)C(=O)Nc3ccc(CC4CCCCC4)nc3)c2)c1. The van der Waals surface area contributed by atoms with E-state index in [9.17, 15) is 4.79 Å². The maximum absolute atomic E-state index is 12.9. The van der Waals surface area contributed by atoms with E-state index in [2.05, 4.69) is 26.3 Å². The summed E-state index contributed by atoms with van der Waals surface area (Å²) in [6, 6.07) is 11.3. The van der Waals surface area contributed by atoms with Crippen LogP contribution in [0, 0.1) is 11.3 Å². The topological polar surface area (TPSA) is 108 Å². The zero-order valence-corrected chi connectivity index (χ0v) is 20.6. The number of carbonyl (C=O) groups excluding carboxylic acids is 1. The summed E-state index contributed by atoms with van der Waals surface area (Å²) in [5.74, 6) is 0.189. The Labute approximate surface area is 207 Å². The van der Waals surface area contributed by atoms with Gasteiger partial charge in [0.1, 0.15) is 5.71 Å². The minimum atomic E-state index is -0.518. The lowest BCUT2D eigenvalue weighted by atomic mass is 9.86. The Hall–Kier alpha value is -3.58. The zero-order chi connectivity index (χ0) is 24.8. The predicted molar refractivity (Wildman–Crippen MR) is 141 cm³/mol. The number of carbonyl (C=O) groups is 1. The molecule has 0 aliphatic heterocycles. The van der Waals surface area contributed by atoms with Crippen LogP contribution in [0.4, 0.5) is 11.4 Å². The highest BCUT2D eigenvalue weighted by atomic mass is 16.1. The summed E-state index contributed by atoms with van der Waals surface area (Å²) in [6.45, 7) is 0.772. The van der Waals surface area contributed by atoms with Crippen LogP contribution < -0.4 is 11.1 Å². The minimum absolute atomic E-state index is 0.187. The summed E-state index contributed by atoms with van der Waals surface area (Å²) < 4.78 is 0. The van der Waals surface area contributed by atoms with E-state index in [1.807, 2.05) is 38.5 Å². The molecule has 1 amide bonds. The molecule has 0 spiro atoms. The Morgan fingerprint density at radius 3 is 2.57 bits per heavy atom. The summed E-state index contributed by atoms with van der Waals surface area (Å²) in [5.41, 5.74) is 11.2. The maximum Gasteiger partial charge on any atom is 0.274 e. The largest absolute Gasteiger partial charge is 0.398 e. The van der Waals surface area contributed by atoms with Gasteiger partial charge in [-0.25, -0.2) is 0 Å². The smallest absolute Gasteiger partial charge is 0.274 e. The van der Waals surface area contributed by atoms with Gasteiger partial charge in [-0.05, 0) is 67.9 Å². The molecule has 2 heterocycles. The second kappa shape index (κ2) is 11.2. The van der Waals surface area contributed by atoms with Crippen molar-refractivity contribution >= 4 is 23.0 Å². The van der Waals surface area contributed by atoms with Gasteiger partial charge in [0.25, 0.3) is 5.91 Å². The molecule has 4 N–H and O–H groups in total. The van der Waals surface area contributed by atoms with Crippen LogP contribution in [0.25, 0.3) is 11.1 Å². The Morgan fingerprint density at radius 2 is 1.86 bits per heavy atom. The number of rotatable bonds is 8. The Morgan fingerprint density at radius 1 is 1.06 bits per heavy atom. The molecule has 4 rings (SSSR count). The molecule has 1 aliphatic carbocycles. The van der Waals surface area contributed by atoms with Crippen LogP contribution in [0.15, 0.2) is 55.0 Å². The van der Waals surface area contributed by atoms with Crippen molar-refractivity contribution in [3.8, 4) is 11.1 Å². The fraction of sp³-hybridized carbons (Fsp3) is 0.357. The van der Waals surface area contributed by atoms with Gasteiger partial charge in [0.05, 0.1) is 11.9 Å². The van der Waals surface area contributed by atoms with Gasteiger partial charge in [0.2, 0.25) is 0 Å². The summed E-state index contributed by atoms with van der Waals surface area (Å²) in [6.07, 6.45) is 12.8. The van der Waals surface area contributed by atoms with Gasteiger partial charge in [-0.1, -0.05) is 38.2 Å². The Kier molecular flexibility index (Phi) is 7.87. The monoisotopic (exact) mass is 470 g/mol. The molecule has 1 aliphatic rings. The molecule has 7 heteroatoms. The first-order chi connectivity index (χ1) is 16.9. The normalized spacial score (nSPS) is 14.1. The van der Waals surface area contributed by atoms with Crippen molar-refractivity contribution in [2.45, 2.75) is 45.1 Å². The third kappa shape index (κ3) is 6.51. The molecule has 0 atom stereocenters. The van der Waals surface area contributed by atoms with E-state index in [4.69, 9.17) is 11.1 Å². The highest BCUT2D eigenvalue weighted by Crippen LogP contribution is 2.27. The van der Waals surface area contributed by atoms with E-state index in [1.165, 1.54) is 32.1 Å². The molecule has 2 aromatic heterocycles. The van der Waals surface area contributed by atoms with Crippen LogP contribution in [-0.4, -0.2) is 40.6 Å². The highest BCUT2D eigenvalue weighted by molar-refractivity contribution is 6.48. The highest BCUT2D eigenvalue weighted by Gasteiger charge is 2.18. The third-order valence-corrected chi connectivity index (χ3v) is 6.48. The van der Waals surface area contributed by atoms with Gasteiger partial charge in [0, 0.05) is 41.4 Å². The molecule has 35 heavy (non-hydrogen) atoms. The first kappa shape index (κ1) is 24.5. The van der Waals surface area contributed by atoms with Crippen LogP contribution >= 0.6 is 0 Å². The van der Waals surface area contributed by atoms with Crippen molar-refractivity contribution in [1.29, 1.82) is 5.41 Å². The van der Waals surface area contributed by atoms with Crippen LogP contribution in [0.1, 0.15) is 48.9 Å². The average Bonchev–Trinajstić information content (AvgIpc) is 2.85. The Balaban J connectivity index is 1.44. The number of aromatic nitrogens is 2. The van der Waals surface area contributed by atoms with Crippen molar-refractivity contribution in [3.05, 3.63) is 71.8 Å². The Bertz CT molecular complexity index is 1180. The fourth-order valence-electron chi connectivity index (χ4n) is 4.67.